The maximum absolute atomic E-state index is 12.2. The lowest BCUT2D eigenvalue weighted by molar-refractivity contribution is -0.161. The summed E-state index contributed by atoms with van der Waals surface area (Å²) in [6.07, 6.45) is -0.319. The topological polar surface area (TPSA) is 52.6 Å². The van der Waals surface area contributed by atoms with Crippen molar-refractivity contribution in [3.63, 3.8) is 0 Å². The van der Waals surface area contributed by atoms with Crippen molar-refractivity contribution in [1.82, 2.24) is 10.2 Å². The minimum atomic E-state index is -4.43. The van der Waals surface area contributed by atoms with Crippen molar-refractivity contribution in [2.75, 3.05) is 26.2 Å². The van der Waals surface area contributed by atoms with Crippen molar-refractivity contribution in [3.05, 3.63) is 0 Å². The Hall–Kier alpha value is -0.820. The molecule has 1 aliphatic carbocycles. The van der Waals surface area contributed by atoms with Gasteiger partial charge in [0, 0.05) is 12.6 Å². The molecule has 0 atom stereocenters. The van der Waals surface area contributed by atoms with Gasteiger partial charge >= 0.3 is 6.18 Å². The minimum Gasteiger partial charge on any atom is -0.395 e. The van der Waals surface area contributed by atoms with Crippen molar-refractivity contribution in [3.8, 4) is 0 Å². The summed E-state index contributed by atoms with van der Waals surface area (Å²) in [5.74, 6) is -0.617. The molecule has 1 fully saturated rings. The Balaban J connectivity index is 2.38. The third kappa shape index (κ3) is 5.68. The van der Waals surface area contributed by atoms with Crippen molar-refractivity contribution < 1.29 is 23.1 Å². The Morgan fingerprint density at radius 2 is 1.94 bits per heavy atom. The average molecular weight is 268 g/mol. The van der Waals surface area contributed by atoms with Crippen molar-refractivity contribution in [2.45, 2.75) is 37.9 Å². The number of amides is 1. The fourth-order valence-corrected chi connectivity index (χ4v) is 2.10. The highest BCUT2D eigenvalue weighted by atomic mass is 19.4. The summed E-state index contributed by atoms with van der Waals surface area (Å²) < 4.78 is 36.7. The Labute approximate surface area is 104 Å². The molecule has 1 aliphatic rings. The van der Waals surface area contributed by atoms with Crippen molar-refractivity contribution in [2.24, 2.45) is 0 Å². The minimum absolute atomic E-state index is 0.0965. The molecule has 1 amide bonds. The van der Waals surface area contributed by atoms with Gasteiger partial charge in [0.2, 0.25) is 5.91 Å². The number of carbonyl (C=O) groups excluding carboxylic acids is 1. The standard InChI is InChI=1S/C11H19F3N2O2/c12-11(13,14)8-16(5-6-17)10(18)7-15-9-3-1-2-4-9/h9,15,17H,1-8H2. The predicted octanol–water partition coefficient (Wildman–Crippen LogP) is 0.902. The molecule has 0 spiro atoms. The first-order valence-corrected chi connectivity index (χ1v) is 6.11. The highest BCUT2D eigenvalue weighted by Crippen LogP contribution is 2.18. The Bertz CT molecular complexity index is 266. The van der Waals surface area contributed by atoms with E-state index in [2.05, 4.69) is 5.32 Å². The second-order valence-corrected chi connectivity index (χ2v) is 4.52. The zero-order valence-electron chi connectivity index (χ0n) is 10.2. The molecule has 0 aromatic carbocycles. The monoisotopic (exact) mass is 268 g/mol. The zero-order valence-corrected chi connectivity index (χ0v) is 10.2. The summed E-state index contributed by atoms with van der Waals surface area (Å²) in [7, 11) is 0. The van der Waals surface area contributed by atoms with Gasteiger partial charge in [-0.15, -0.1) is 0 Å². The molecule has 4 nitrogen and oxygen atoms in total. The zero-order chi connectivity index (χ0) is 13.6. The molecule has 2 N–H and O–H groups in total. The van der Waals surface area contributed by atoms with Gasteiger partial charge in [-0.2, -0.15) is 13.2 Å². The van der Waals surface area contributed by atoms with Crippen LogP contribution in [0.5, 0.6) is 0 Å². The van der Waals surface area contributed by atoms with Gasteiger partial charge in [-0.05, 0) is 12.8 Å². The van der Waals surface area contributed by atoms with Gasteiger partial charge < -0.3 is 15.3 Å². The van der Waals surface area contributed by atoms with Gasteiger partial charge in [0.25, 0.3) is 0 Å². The first kappa shape index (κ1) is 15.2. The van der Waals surface area contributed by atoms with E-state index in [1.807, 2.05) is 0 Å². The van der Waals surface area contributed by atoms with E-state index in [0.29, 0.717) is 4.90 Å². The Morgan fingerprint density at radius 3 is 2.44 bits per heavy atom. The van der Waals surface area contributed by atoms with Crippen LogP contribution in [0, 0.1) is 0 Å². The number of nitrogens with zero attached hydrogens (tertiary/aromatic N) is 1. The first-order valence-electron chi connectivity index (χ1n) is 6.11. The molecule has 0 aromatic rings. The summed E-state index contributed by atoms with van der Waals surface area (Å²) in [4.78, 5) is 12.3. The van der Waals surface area contributed by atoms with Crippen molar-refractivity contribution >= 4 is 5.91 Å². The van der Waals surface area contributed by atoms with Gasteiger partial charge in [0.05, 0.1) is 13.2 Å². The predicted molar refractivity (Wildman–Crippen MR) is 60.0 cm³/mol. The number of aliphatic hydroxyl groups excluding tert-OH is 1. The van der Waals surface area contributed by atoms with Gasteiger partial charge in [-0.25, -0.2) is 0 Å². The summed E-state index contributed by atoms with van der Waals surface area (Å²) in [5, 5.41) is 11.6. The van der Waals surface area contributed by atoms with Crippen LogP contribution < -0.4 is 5.32 Å². The molecule has 0 heterocycles. The fraction of sp³-hybridized carbons (Fsp3) is 0.909. The molecule has 1 rings (SSSR count). The van der Waals surface area contributed by atoms with E-state index in [1.54, 1.807) is 0 Å². The van der Waals surface area contributed by atoms with Crippen LogP contribution in [0.2, 0.25) is 0 Å². The lowest BCUT2D eigenvalue weighted by Crippen LogP contribution is -2.46. The SMILES string of the molecule is O=C(CNC1CCCC1)N(CCO)CC(F)(F)F. The molecular formula is C11H19F3N2O2. The van der Waals surface area contributed by atoms with Crippen LogP contribution in [0.25, 0.3) is 0 Å². The van der Waals surface area contributed by atoms with Crippen LogP contribution in [0.1, 0.15) is 25.7 Å². The second kappa shape index (κ2) is 6.94. The number of alkyl halides is 3. The molecular weight excluding hydrogens is 249 g/mol. The highest BCUT2D eigenvalue weighted by molar-refractivity contribution is 5.78. The fourth-order valence-electron chi connectivity index (χ4n) is 2.10. The smallest absolute Gasteiger partial charge is 0.395 e. The molecule has 0 bridgehead atoms. The van der Waals surface area contributed by atoms with Crippen LogP contribution in [0.4, 0.5) is 13.2 Å². The normalized spacial score (nSPS) is 17.1. The first-order chi connectivity index (χ1) is 8.42. The van der Waals surface area contributed by atoms with Gasteiger partial charge in [0.15, 0.2) is 0 Å². The van der Waals surface area contributed by atoms with E-state index in [1.165, 1.54) is 0 Å². The van der Waals surface area contributed by atoms with E-state index in [4.69, 9.17) is 5.11 Å². The second-order valence-electron chi connectivity index (χ2n) is 4.52. The van der Waals surface area contributed by atoms with Crippen molar-refractivity contribution in [1.29, 1.82) is 0 Å². The van der Waals surface area contributed by atoms with Crippen LogP contribution in [0.3, 0.4) is 0 Å². The number of aliphatic hydroxyl groups is 1. The molecule has 0 unspecified atom stereocenters. The summed E-state index contributed by atoms with van der Waals surface area (Å²) in [6, 6.07) is 0.232. The third-order valence-electron chi connectivity index (χ3n) is 2.99. The van der Waals surface area contributed by atoms with Gasteiger partial charge in [0.1, 0.15) is 6.54 Å². The molecule has 0 aromatic heterocycles. The molecule has 7 heteroatoms. The van der Waals surface area contributed by atoms with E-state index < -0.39 is 25.2 Å². The summed E-state index contributed by atoms with van der Waals surface area (Å²) in [6.45, 7) is -2.16. The Kier molecular flexibility index (Phi) is 5.87. The molecule has 0 aliphatic heterocycles. The van der Waals surface area contributed by atoms with Crippen LogP contribution >= 0.6 is 0 Å². The van der Waals surface area contributed by atoms with E-state index in [9.17, 15) is 18.0 Å². The molecule has 106 valence electrons. The number of carbonyl (C=O) groups is 1. The number of nitrogens with one attached hydrogen (secondary N) is 1. The quantitative estimate of drug-likeness (QED) is 0.752. The maximum Gasteiger partial charge on any atom is 0.406 e. The molecule has 18 heavy (non-hydrogen) atoms. The van der Waals surface area contributed by atoms with E-state index >= 15 is 0 Å². The van der Waals surface area contributed by atoms with Gasteiger partial charge in [-0.1, -0.05) is 12.8 Å². The Morgan fingerprint density at radius 1 is 1.33 bits per heavy atom. The number of hydrogen-bond donors (Lipinski definition) is 2. The lowest BCUT2D eigenvalue weighted by Gasteiger charge is -2.24. The average Bonchev–Trinajstić information content (AvgIpc) is 2.76. The third-order valence-corrected chi connectivity index (χ3v) is 2.99. The molecule has 1 saturated carbocycles. The number of halogens is 3. The van der Waals surface area contributed by atoms with E-state index in [0.717, 1.165) is 25.7 Å². The lowest BCUT2D eigenvalue weighted by atomic mass is 10.2. The highest BCUT2D eigenvalue weighted by Gasteiger charge is 2.32. The molecule has 0 saturated heterocycles. The van der Waals surface area contributed by atoms with Crippen LogP contribution in [-0.4, -0.2) is 54.4 Å². The maximum atomic E-state index is 12.2. The summed E-state index contributed by atoms with van der Waals surface area (Å²) >= 11 is 0. The molecule has 0 radical (unpaired) electrons. The largest absolute Gasteiger partial charge is 0.406 e. The van der Waals surface area contributed by atoms with Gasteiger partial charge in [-0.3, -0.25) is 4.79 Å². The number of hydrogen-bond acceptors (Lipinski definition) is 3. The van der Waals surface area contributed by atoms with E-state index in [-0.39, 0.29) is 19.1 Å². The summed E-state index contributed by atoms with van der Waals surface area (Å²) in [5.41, 5.74) is 0. The van der Waals surface area contributed by atoms with Crippen LogP contribution in [-0.2, 0) is 4.79 Å². The van der Waals surface area contributed by atoms with Crippen LogP contribution in [0.15, 0.2) is 0 Å². The number of rotatable bonds is 6.